The van der Waals surface area contributed by atoms with Crippen molar-refractivity contribution in [1.82, 2.24) is 0 Å². The molecule has 2 aliphatic heterocycles. The Morgan fingerprint density at radius 3 is 2.06 bits per heavy atom. The van der Waals surface area contributed by atoms with Crippen molar-refractivity contribution in [3.63, 3.8) is 0 Å². The maximum atomic E-state index is 13.8. The van der Waals surface area contributed by atoms with E-state index >= 15 is 0 Å². The lowest BCUT2D eigenvalue weighted by Crippen LogP contribution is -2.37. The number of para-hydroxylation sites is 1. The second-order valence-corrected chi connectivity index (χ2v) is 8.43. The molecule has 8 heteroatoms. The third-order valence-electron chi connectivity index (χ3n) is 6.47. The largest absolute Gasteiger partial charge is 0.493 e. The van der Waals surface area contributed by atoms with Crippen LogP contribution in [0.3, 0.4) is 0 Å². The summed E-state index contributed by atoms with van der Waals surface area (Å²) in [5.41, 5.74) is 2.92. The van der Waals surface area contributed by atoms with Crippen molar-refractivity contribution in [2.45, 2.75) is 19.1 Å². The smallest absolute Gasteiger partial charge is 0.266 e. The van der Waals surface area contributed by atoms with E-state index in [-0.39, 0.29) is 5.91 Å². The van der Waals surface area contributed by atoms with Crippen LogP contribution in [-0.4, -0.2) is 39.2 Å². The monoisotopic (exact) mass is 474 g/mol. The van der Waals surface area contributed by atoms with Crippen LogP contribution < -0.4 is 24.2 Å². The van der Waals surface area contributed by atoms with Crippen LogP contribution in [0.5, 0.6) is 17.2 Å². The third kappa shape index (κ3) is 3.57. The van der Waals surface area contributed by atoms with E-state index in [0.29, 0.717) is 34.2 Å². The minimum atomic E-state index is -0.980. The highest BCUT2D eigenvalue weighted by Gasteiger charge is 2.61. The molecule has 2 amide bonds. The molecule has 180 valence electrons. The molecule has 0 unspecified atom stereocenters. The van der Waals surface area contributed by atoms with E-state index in [1.807, 2.05) is 55.5 Å². The van der Waals surface area contributed by atoms with Crippen molar-refractivity contribution in [3.05, 3.63) is 77.9 Å². The molecule has 3 aromatic carbocycles. The summed E-state index contributed by atoms with van der Waals surface area (Å²) < 4.78 is 16.8. The number of methoxy groups -OCH3 is 3. The molecule has 0 radical (unpaired) electrons. The van der Waals surface area contributed by atoms with Gasteiger partial charge in [-0.1, -0.05) is 35.9 Å². The topological polar surface area (TPSA) is 77.5 Å². The zero-order valence-electron chi connectivity index (χ0n) is 19.9. The first-order chi connectivity index (χ1) is 17.0. The van der Waals surface area contributed by atoms with E-state index in [9.17, 15) is 9.59 Å². The number of carbonyl (C=O) groups is 2. The van der Waals surface area contributed by atoms with E-state index in [2.05, 4.69) is 0 Å². The highest BCUT2D eigenvalue weighted by molar-refractivity contribution is 6.24. The van der Waals surface area contributed by atoms with Gasteiger partial charge in [-0.2, -0.15) is 0 Å². The highest BCUT2D eigenvalue weighted by atomic mass is 16.7. The molecule has 2 saturated heterocycles. The van der Waals surface area contributed by atoms with Crippen LogP contribution in [-0.2, 0) is 14.4 Å². The molecule has 35 heavy (non-hydrogen) atoms. The Labute approximate surface area is 203 Å². The highest BCUT2D eigenvalue weighted by Crippen LogP contribution is 2.52. The molecular formula is C27H26N2O6. The number of amides is 2. The number of carbonyl (C=O) groups excluding carboxylic acids is 2. The Hall–Kier alpha value is -4.04. The number of benzene rings is 3. The van der Waals surface area contributed by atoms with Crippen LogP contribution in [0.25, 0.3) is 0 Å². The standard InChI is InChI=1S/C27H26N2O6/c1-16-10-12-17(13-11-16)28-26(30)21-22(19-14-15-20(32-2)24(34-4)23(19)33-3)29(35-25(21)27(28)31)18-8-6-5-7-9-18/h5-15,21-22,25H,1-4H3/t21-,22-,25+/m1/s1. The predicted octanol–water partition coefficient (Wildman–Crippen LogP) is 4.07. The molecule has 0 aliphatic carbocycles. The minimum absolute atomic E-state index is 0.330. The summed E-state index contributed by atoms with van der Waals surface area (Å²) in [5, 5.41) is 1.63. The van der Waals surface area contributed by atoms with Crippen molar-refractivity contribution in [1.29, 1.82) is 0 Å². The van der Waals surface area contributed by atoms with Crippen molar-refractivity contribution in [2.75, 3.05) is 31.3 Å². The lowest BCUT2D eigenvalue weighted by atomic mass is 9.89. The number of hydroxylamine groups is 1. The average molecular weight is 475 g/mol. The van der Waals surface area contributed by atoms with Gasteiger partial charge in [-0.3, -0.25) is 14.4 Å². The fourth-order valence-corrected chi connectivity index (χ4v) is 4.83. The van der Waals surface area contributed by atoms with E-state index in [4.69, 9.17) is 19.0 Å². The van der Waals surface area contributed by atoms with Crippen LogP contribution in [0.4, 0.5) is 11.4 Å². The summed E-state index contributed by atoms with van der Waals surface area (Å²) in [4.78, 5) is 34.8. The number of fused-ring (bicyclic) bond motifs is 1. The Balaban J connectivity index is 1.65. The number of nitrogens with zero attached hydrogens (tertiary/aromatic N) is 2. The number of imide groups is 1. The number of hydrogen-bond acceptors (Lipinski definition) is 7. The molecule has 0 spiro atoms. The van der Waals surface area contributed by atoms with Gasteiger partial charge in [-0.05, 0) is 43.3 Å². The number of ether oxygens (including phenoxy) is 3. The van der Waals surface area contributed by atoms with Gasteiger partial charge in [0.25, 0.3) is 5.91 Å². The van der Waals surface area contributed by atoms with Crippen molar-refractivity contribution >= 4 is 23.2 Å². The normalized spacial score (nSPS) is 21.3. The van der Waals surface area contributed by atoms with Gasteiger partial charge in [0, 0.05) is 5.56 Å². The van der Waals surface area contributed by atoms with Gasteiger partial charge in [0.15, 0.2) is 17.6 Å². The molecule has 2 fully saturated rings. The van der Waals surface area contributed by atoms with Crippen LogP contribution in [0.1, 0.15) is 17.2 Å². The first-order valence-electron chi connectivity index (χ1n) is 11.2. The second kappa shape index (κ2) is 8.96. The molecular weight excluding hydrogens is 448 g/mol. The van der Waals surface area contributed by atoms with Gasteiger partial charge >= 0.3 is 0 Å². The summed E-state index contributed by atoms with van der Waals surface area (Å²) in [6.45, 7) is 1.95. The number of hydrogen-bond donors (Lipinski definition) is 0. The SMILES string of the molecule is COc1ccc([C@@H]2[C@H]3C(=O)N(c4ccc(C)cc4)C(=O)[C@H]3ON2c2ccccc2)c(OC)c1OC. The van der Waals surface area contributed by atoms with Gasteiger partial charge in [0.1, 0.15) is 12.0 Å². The van der Waals surface area contributed by atoms with E-state index in [0.717, 1.165) is 5.56 Å². The first kappa shape index (κ1) is 22.7. The van der Waals surface area contributed by atoms with E-state index in [1.54, 1.807) is 30.4 Å². The summed E-state index contributed by atoms with van der Waals surface area (Å²) >= 11 is 0. The Morgan fingerprint density at radius 1 is 0.743 bits per heavy atom. The molecule has 2 aliphatic rings. The molecule has 2 heterocycles. The van der Waals surface area contributed by atoms with Crippen LogP contribution in [0, 0.1) is 12.8 Å². The van der Waals surface area contributed by atoms with Gasteiger partial charge in [-0.15, -0.1) is 0 Å². The Bertz CT molecular complexity index is 1260. The summed E-state index contributed by atoms with van der Waals surface area (Å²) in [6, 6.07) is 19.6. The first-order valence-corrected chi connectivity index (χ1v) is 11.2. The summed E-state index contributed by atoms with van der Waals surface area (Å²) in [6.07, 6.45) is -0.980. The lowest BCUT2D eigenvalue weighted by Gasteiger charge is -2.30. The fraction of sp³-hybridized carbons (Fsp3) is 0.259. The molecule has 3 atom stereocenters. The number of aryl methyl sites for hydroxylation is 1. The van der Waals surface area contributed by atoms with Gasteiger partial charge < -0.3 is 14.2 Å². The quantitative estimate of drug-likeness (QED) is 0.499. The average Bonchev–Trinajstić information content (AvgIpc) is 3.39. The molecule has 0 bridgehead atoms. The molecule has 0 N–H and O–H groups in total. The van der Waals surface area contributed by atoms with E-state index in [1.165, 1.54) is 19.1 Å². The van der Waals surface area contributed by atoms with Crippen LogP contribution >= 0.6 is 0 Å². The van der Waals surface area contributed by atoms with Gasteiger partial charge in [-0.25, -0.2) is 9.96 Å². The molecule has 8 nitrogen and oxygen atoms in total. The third-order valence-corrected chi connectivity index (χ3v) is 6.47. The van der Waals surface area contributed by atoms with Crippen molar-refractivity contribution < 1.29 is 28.6 Å². The fourth-order valence-electron chi connectivity index (χ4n) is 4.83. The molecule has 3 aromatic rings. The Kier molecular flexibility index (Phi) is 5.82. The minimum Gasteiger partial charge on any atom is -0.493 e. The maximum Gasteiger partial charge on any atom is 0.266 e. The van der Waals surface area contributed by atoms with E-state index < -0.39 is 24.0 Å². The zero-order valence-corrected chi connectivity index (χ0v) is 19.9. The van der Waals surface area contributed by atoms with Crippen LogP contribution in [0.15, 0.2) is 66.7 Å². The van der Waals surface area contributed by atoms with Gasteiger partial charge in [0.05, 0.1) is 32.7 Å². The summed E-state index contributed by atoms with van der Waals surface area (Å²) in [5.74, 6) is -0.219. The van der Waals surface area contributed by atoms with Gasteiger partial charge in [0.2, 0.25) is 11.7 Å². The second-order valence-electron chi connectivity index (χ2n) is 8.43. The Morgan fingerprint density at radius 2 is 1.43 bits per heavy atom. The molecule has 0 saturated carbocycles. The lowest BCUT2D eigenvalue weighted by molar-refractivity contribution is -0.126. The maximum absolute atomic E-state index is 13.8. The molecule has 0 aromatic heterocycles. The predicted molar refractivity (Wildman–Crippen MR) is 130 cm³/mol. The number of rotatable bonds is 6. The van der Waals surface area contributed by atoms with Crippen molar-refractivity contribution in [3.8, 4) is 17.2 Å². The zero-order chi connectivity index (χ0) is 24.7. The number of anilines is 2. The van der Waals surface area contributed by atoms with Crippen molar-refractivity contribution in [2.24, 2.45) is 5.92 Å². The molecule has 5 rings (SSSR count). The van der Waals surface area contributed by atoms with Crippen LogP contribution in [0.2, 0.25) is 0 Å². The summed E-state index contributed by atoms with van der Waals surface area (Å²) in [7, 11) is 4.60.